The van der Waals surface area contributed by atoms with Gasteiger partial charge in [0.05, 0.1) is 5.97 Å². The Hall–Kier alpha value is 1.51. The van der Waals surface area contributed by atoms with Crippen LogP contribution >= 0.6 is 47.8 Å². The molecule has 0 bridgehead atoms. The van der Waals surface area contributed by atoms with E-state index in [1.807, 2.05) is 0 Å². The van der Waals surface area contributed by atoms with Crippen molar-refractivity contribution in [2.75, 3.05) is 0 Å². The Morgan fingerprint density at radius 1 is 1.38 bits per heavy atom. The molecule has 0 aliphatic rings. The summed E-state index contributed by atoms with van der Waals surface area (Å²) in [7, 11) is 0. The monoisotopic (exact) mass is 300 g/mol. The fraction of sp³-hybridized carbons (Fsp3) is 0.500. The van der Waals surface area contributed by atoms with Crippen LogP contribution < -0.4 is 24.0 Å². The molecule has 0 unspecified atom stereocenters. The summed E-state index contributed by atoms with van der Waals surface area (Å²) in [5.41, 5.74) is 0. The van der Waals surface area contributed by atoms with Crippen molar-refractivity contribution in [1.29, 1.82) is 0 Å². The first-order valence-electron chi connectivity index (χ1n) is 1.23. The van der Waals surface area contributed by atoms with E-state index >= 15 is 0 Å². The maximum Gasteiger partial charge on any atom is 1.00 e. The number of carbonyl (C=O) groups excluding carboxylic acids is 1. The first kappa shape index (κ1) is 12.2. The van der Waals surface area contributed by atoms with Crippen molar-refractivity contribution >= 4 is 53.8 Å². The zero-order valence-corrected chi connectivity index (χ0v) is 8.71. The third-order valence-corrected chi connectivity index (χ3v) is 1.20. The van der Waals surface area contributed by atoms with E-state index in [-0.39, 0.29) is 18.9 Å². The summed E-state index contributed by atoms with van der Waals surface area (Å²) in [5.74, 6) is -1.26. The second-order valence-corrected chi connectivity index (χ2v) is 7.55. The number of hydrogen-bond donors (Lipinski definition) is 0. The minimum Gasteiger partial charge on any atom is -0.547 e. The number of halogens is 3. The van der Waals surface area contributed by atoms with E-state index < -0.39 is 8.11 Å². The van der Waals surface area contributed by atoms with Gasteiger partial charge in [-0.05, 0) is 0 Å². The zero-order chi connectivity index (χ0) is 6.08. The molecule has 0 aromatic rings. The number of rotatable bonds is 0. The van der Waals surface area contributed by atoms with E-state index in [2.05, 4.69) is 47.8 Å². The maximum atomic E-state index is 9.77. The van der Waals surface area contributed by atoms with Crippen molar-refractivity contribution in [2.45, 2.75) is 2.14 Å². The van der Waals surface area contributed by atoms with Crippen molar-refractivity contribution in [3.8, 4) is 0 Å². The van der Waals surface area contributed by atoms with Crippen LogP contribution in [0.25, 0.3) is 0 Å². The largest absolute Gasteiger partial charge is 1.00 e. The average molecular weight is 303 g/mol. The van der Waals surface area contributed by atoms with E-state index in [1.54, 1.807) is 0 Å². The molecule has 0 radical (unpaired) electrons. The maximum absolute atomic E-state index is 9.77. The van der Waals surface area contributed by atoms with Gasteiger partial charge in [0.2, 0.25) is 0 Å². The van der Waals surface area contributed by atoms with Crippen LogP contribution in [0.3, 0.4) is 0 Å². The molecule has 2 nitrogen and oxygen atoms in total. The van der Waals surface area contributed by atoms with Gasteiger partial charge >= 0.3 is 18.9 Å². The minimum absolute atomic E-state index is 0. The van der Waals surface area contributed by atoms with E-state index in [0.717, 1.165) is 0 Å². The van der Waals surface area contributed by atoms with Gasteiger partial charge in [0, 0.05) is 0 Å². The van der Waals surface area contributed by atoms with Gasteiger partial charge in [0.15, 0.2) is 2.14 Å². The van der Waals surface area contributed by atoms with Gasteiger partial charge in [-0.25, -0.2) is 0 Å². The number of carbonyl (C=O) groups is 1. The Morgan fingerprint density at radius 2 is 1.50 bits per heavy atom. The molecule has 0 aromatic carbocycles. The summed E-state index contributed by atoms with van der Waals surface area (Å²) in [5, 5.41) is 9.77. The van der Waals surface area contributed by atoms with Crippen LogP contribution in [0.4, 0.5) is 0 Å². The van der Waals surface area contributed by atoms with Crippen molar-refractivity contribution in [3.63, 3.8) is 0 Å². The van der Waals surface area contributed by atoms with Crippen molar-refractivity contribution in [2.24, 2.45) is 0 Å². The predicted octanol–water partition coefficient (Wildman–Crippen LogP) is -2.42. The first-order chi connectivity index (χ1) is 2.94. The summed E-state index contributed by atoms with van der Waals surface area (Å²) in [6.45, 7) is 0. The fourth-order valence-electron chi connectivity index (χ4n) is 0. The molecule has 0 heterocycles. The fourth-order valence-corrected chi connectivity index (χ4v) is 0. The molecule has 0 amide bonds. The van der Waals surface area contributed by atoms with Crippen LogP contribution in [-0.4, -0.2) is 8.11 Å². The second-order valence-electron chi connectivity index (χ2n) is 0.785. The first-order valence-corrected chi connectivity index (χ1v) is 3.60. The Kier molecular flexibility index (Phi) is 6.63. The molecule has 0 atom stereocenters. The standard InChI is InChI=1S/C2HBr3O2.Li/c3-2(4,5)1(6)7;/h(H,6,7);/q;+1/p-1. The number of carboxylic acid groups (broad SMARTS) is 1. The third-order valence-electron chi connectivity index (χ3n) is 0.231. The molecule has 0 spiro atoms. The zero-order valence-electron chi connectivity index (χ0n) is 3.95. The van der Waals surface area contributed by atoms with E-state index in [9.17, 15) is 9.90 Å². The summed E-state index contributed by atoms with van der Waals surface area (Å²) in [4.78, 5) is 9.77. The topological polar surface area (TPSA) is 40.1 Å². The third kappa shape index (κ3) is 5.64. The summed E-state index contributed by atoms with van der Waals surface area (Å²) >= 11 is 8.14. The summed E-state index contributed by atoms with van der Waals surface area (Å²) < 4.78 is -1.26. The molecule has 0 saturated heterocycles. The average Bonchev–Trinajstić information content (AvgIpc) is 1.31. The molecule has 0 saturated carbocycles. The van der Waals surface area contributed by atoms with Crippen LogP contribution in [0.15, 0.2) is 0 Å². The van der Waals surface area contributed by atoms with Gasteiger partial charge in [0.25, 0.3) is 0 Å². The van der Waals surface area contributed by atoms with Gasteiger partial charge < -0.3 is 9.90 Å². The number of alkyl halides is 3. The molecular weight excluding hydrogens is 303 g/mol. The Bertz CT molecular complexity index is 87.8. The van der Waals surface area contributed by atoms with Crippen LogP contribution in [-0.2, 0) is 4.79 Å². The molecule has 0 aromatic heterocycles. The predicted molar refractivity (Wildman–Crippen MR) is 34.5 cm³/mol. The van der Waals surface area contributed by atoms with Crippen LogP contribution in [0, 0.1) is 0 Å². The van der Waals surface area contributed by atoms with Gasteiger partial charge in [-0.2, -0.15) is 0 Å². The van der Waals surface area contributed by atoms with Gasteiger partial charge in [-0.3, -0.25) is 0 Å². The number of aliphatic carboxylic acids is 1. The Labute approximate surface area is 84.0 Å². The molecule has 0 N–H and O–H groups in total. The van der Waals surface area contributed by atoms with Gasteiger partial charge in [0.1, 0.15) is 0 Å². The van der Waals surface area contributed by atoms with E-state index in [4.69, 9.17) is 0 Å². The van der Waals surface area contributed by atoms with Crippen molar-refractivity contribution < 1.29 is 28.8 Å². The van der Waals surface area contributed by atoms with Crippen LogP contribution in [0.5, 0.6) is 0 Å². The molecule has 42 valence electrons. The van der Waals surface area contributed by atoms with Crippen molar-refractivity contribution in [1.82, 2.24) is 0 Å². The molecular formula is C2Br3LiO2. The summed E-state index contributed by atoms with van der Waals surface area (Å²) in [6.07, 6.45) is 0. The van der Waals surface area contributed by atoms with E-state index in [1.165, 1.54) is 0 Å². The van der Waals surface area contributed by atoms with Crippen LogP contribution in [0.2, 0.25) is 0 Å². The smallest absolute Gasteiger partial charge is 0.547 e. The van der Waals surface area contributed by atoms with Gasteiger partial charge in [-0.1, -0.05) is 47.8 Å². The van der Waals surface area contributed by atoms with Crippen molar-refractivity contribution in [3.05, 3.63) is 0 Å². The van der Waals surface area contributed by atoms with Crippen LogP contribution in [0.1, 0.15) is 0 Å². The molecule has 8 heavy (non-hydrogen) atoms. The van der Waals surface area contributed by atoms with Gasteiger partial charge in [-0.15, -0.1) is 0 Å². The Morgan fingerprint density at radius 3 is 1.50 bits per heavy atom. The number of carboxylic acids is 1. The second kappa shape index (κ2) is 4.34. The quantitative estimate of drug-likeness (QED) is 0.369. The molecule has 6 heteroatoms. The summed E-state index contributed by atoms with van der Waals surface area (Å²) in [6, 6.07) is 0. The number of hydrogen-bond acceptors (Lipinski definition) is 2. The minimum atomic E-state index is -1.26. The molecule has 0 rings (SSSR count). The molecule has 0 aliphatic carbocycles. The SMILES string of the molecule is O=C([O-])C(Br)(Br)Br.[Li+]. The molecule has 0 fully saturated rings. The Balaban J connectivity index is 0. The van der Waals surface area contributed by atoms with E-state index in [0.29, 0.717) is 0 Å². The molecule has 0 aliphatic heterocycles. The normalized spacial score (nSPS) is 9.88.